The lowest BCUT2D eigenvalue weighted by molar-refractivity contribution is 0.392. The molecule has 2 aromatic rings. The second kappa shape index (κ2) is 4.35. The second-order valence-corrected chi connectivity index (χ2v) is 3.85. The van der Waals surface area contributed by atoms with Crippen LogP contribution in [-0.2, 0) is 6.54 Å². The van der Waals surface area contributed by atoms with Gasteiger partial charge >= 0.3 is 0 Å². The van der Waals surface area contributed by atoms with Gasteiger partial charge in [0.2, 0.25) is 0 Å². The van der Waals surface area contributed by atoms with Crippen LogP contribution in [0.4, 0.5) is 5.69 Å². The minimum Gasteiger partial charge on any atom is -0.379 e. The van der Waals surface area contributed by atoms with Gasteiger partial charge in [-0.3, -0.25) is 4.98 Å². The van der Waals surface area contributed by atoms with Crippen LogP contribution in [0.5, 0.6) is 0 Å². The van der Waals surface area contributed by atoms with Crippen molar-refractivity contribution in [1.82, 2.24) is 10.1 Å². The van der Waals surface area contributed by atoms with Crippen molar-refractivity contribution >= 4 is 5.69 Å². The molecule has 84 valence electrons. The van der Waals surface area contributed by atoms with Gasteiger partial charge in [-0.15, -0.1) is 0 Å². The fourth-order valence-electron chi connectivity index (χ4n) is 1.59. The number of anilines is 1. The maximum absolute atomic E-state index is 5.11. The summed E-state index contributed by atoms with van der Waals surface area (Å²) < 4.78 is 5.11. The van der Waals surface area contributed by atoms with Crippen molar-refractivity contribution in [2.24, 2.45) is 0 Å². The summed E-state index contributed by atoms with van der Waals surface area (Å²) in [5.74, 6) is 0.867. The van der Waals surface area contributed by atoms with E-state index in [1.54, 1.807) is 6.20 Å². The summed E-state index contributed by atoms with van der Waals surface area (Å²) >= 11 is 0. The maximum Gasteiger partial charge on any atom is 0.138 e. The average molecular weight is 217 g/mol. The van der Waals surface area contributed by atoms with E-state index in [-0.39, 0.29) is 0 Å². The SMILES string of the molecule is Cc1ccncc1NCc1c(C)noc1C. The quantitative estimate of drug-likeness (QED) is 0.858. The Hall–Kier alpha value is -1.84. The van der Waals surface area contributed by atoms with E-state index in [9.17, 15) is 0 Å². The minimum atomic E-state index is 0.716. The highest BCUT2D eigenvalue weighted by Gasteiger charge is 2.08. The summed E-state index contributed by atoms with van der Waals surface area (Å²) in [5, 5.41) is 7.25. The molecular weight excluding hydrogens is 202 g/mol. The Kier molecular flexibility index (Phi) is 2.90. The van der Waals surface area contributed by atoms with Crippen LogP contribution in [0.3, 0.4) is 0 Å². The molecule has 0 spiro atoms. The number of nitrogens with one attached hydrogen (secondary N) is 1. The molecule has 0 aliphatic rings. The zero-order chi connectivity index (χ0) is 11.5. The molecule has 0 fully saturated rings. The van der Waals surface area contributed by atoms with Crippen molar-refractivity contribution < 1.29 is 4.52 Å². The number of nitrogens with zero attached hydrogens (tertiary/aromatic N) is 2. The van der Waals surface area contributed by atoms with Crippen molar-refractivity contribution in [3.63, 3.8) is 0 Å². The first kappa shape index (κ1) is 10.7. The number of aryl methyl sites for hydroxylation is 3. The van der Waals surface area contributed by atoms with Crippen LogP contribution in [0.15, 0.2) is 23.0 Å². The average Bonchev–Trinajstić information content (AvgIpc) is 2.58. The van der Waals surface area contributed by atoms with Crippen molar-refractivity contribution in [3.05, 3.63) is 41.0 Å². The van der Waals surface area contributed by atoms with Crippen molar-refractivity contribution in [3.8, 4) is 0 Å². The zero-order valence-electron chi connectivity index (χ0n) is 9.74. The minimum absolute atomic E-state index is 0.716. The molecule has 2 heterocycles. The Bertz CT molecular complexity index is 471. The molecule has 4 heteroatoms. The molecule has 2 aromatic heterocycles. The third kappa shape index (κ3) is 2.05. The van der Waals surface area contributed by atoms with Crippen LogP contribution in [0.1, 0.15) is 22.6 Å². The standard InChI is InChI=1S/C12H15N3O/c1-8-4-5-13-7-12(8)14-6-11-9(2)15-16-10(11)3/h4-5,7,14H,6H2,1-3H3. The molecule has 1 N–H and O–H groups in total. The molecule has 0 atom stereocenters. The lowest BCUT2D eigenvalue weighted by atomic mass is 10.2. The number of hydrogen-bond donors (Lipinski definition) is 1. The van der Waals surface area contributed by atoms with Crippen molar-refractivity contribution in [2.75, 3.05) is 5.32 Å². The smallest absolute Gasteiger partial charge is 0.138 e. The van der Waals surface area contributed by atoms with Gasteiger partial charge in [0.15, 0.2) is 0 Å². The summed E-state index contributed by atoms with van der Waals surface area (Å²) in [5.41, 5.74) is 4.28. The largest absolute Gasteiger partial charge is 0.379 e. The zero-order valence-corrected chi connectivity index (χ0v) is 9.74. The Morgan fingerprint density at radius 2 is 2.12 bits per heavy atom. The summed E-state index contributed by atoms with van der Waals surface area (Å²) in [7, 11) is 0. The number of hydrogen-bond acceptors (Lipinski definition) is 4. The van der Waals surface area contributed by atoms with Crippen LogP contribution in [0.2, 0.25) is 0 Å². The van der Waals surface area contributed by atoms with E-state index in [0.717, 1.165) is 22.7 Å². The van der Waals surface area contributed by atoms with Gasteiger partial charge in [-0.25, -0.2) is 0 Å². The molecule has 2 rings (SSSR count). The molecule has 0 unspecified atom stereocenters. The van der Waals surface area contributed by atoms with E-state index in [1.807, 2.05) is 26.1 Å². The van der Waals surface area contributed by atoms with Gasteiger partial charge in [0.25, 0.3) is 0 Å². The molecule has 0 saturated heterocycles. The second-order valence-electron chi connectivity index (χ2n) is 3.85. The Balaban J connectivity index is 2.11. The van der Waals surface area contributed by atoms with Gasteiger partial charge in [0.05, 0.1) is 17.6 Å². The summed E-state index contributed by atoms with van der Waals surface area (Å²) in [6, 6.07) is 1.98. The third-order valence-corrected chi connectivity index (χ3v) is 2.68. The van der Waals surface area contributed by atoms with Gasteiger partial charge in [-0.2, -0.15) is 0 Å². The molecule has 0 bridgehead atoms. The molecule has 0 saturated carbocycles. The van der Waals surface area contributed by atoms with Gasteiger partial charge in [0, 0.05) is 18.3 Å². The van der Waals surface area contributed by atoms with Crippen LogP contribution in [-0.4, -0.2) is 10.1 Å². The molecule has 4 nitrogen and oxygen atoms in total. The van der Waals surface area contributed by atoms with E-state index >= 15 is 0 Å². The predicted octanol–water partition coefficient (Wildman–Crippen LogP) is 2.61. The first-order valence-electron chi connectivity index (χ1n) is 5.24. The predicted molar refractivity (Wildman–Crippen MR) is 62.3 cm³/mol. The monoisotopic (exact) mass is 217 g/mol. The first-order valence-corrected chi connectivity index (χ1v) is 5.24. The van der Waals surface area contributed by atoms with Crippen LogP contribution in [0, 0.1) is 20.8 Å². The molecule has 0 amide bonds. The molecule has 0 aliphatic heterocycles. The highest BCUT2D eigenvalue weighted by Crippen LogP contribution is 2.16. The van der Waals surface area contributed by atoms with Gasteiger partial charge < -0.3 is 9.84 Å². The lowest BCUT2D eigenvalue weighted by Crippen LogP contribution is -2.03. The normalized spacial score (nSPS) is 10.4. The highest BCUT2D eigenvalue weighted by atomic mass is 16.5. The highest BCUT2D eigenvalue weighted by molar-refractivity contribution is 5.48. The van der Waals surface area contributed by atoms with E-state index in [4.69, 9.17) is 4.52 Å². The van der Waals surface area contributed by atoms with Crippen LogP contribution >= 0.6 is 0 Å². The first-order chi connectivity index (χ1) is 7.68. The van der Waals surface area contributed by atoms with Crippen LogP contribution in [0.25, 0.3) is 0 Å². The van der Waals surface area contributed by atoms with Gasteiger partial charge in [-0.1, -0.05) is 5.16 Å². The van der Waals surface area contributed by atoms with Crippen LogP contribution < -0.4 is 5.32 Å². The third-order valence-electron chi connectivity index (χ3n) is 2.68. The molecular formula is C12H15N3O. The summed E-state index contributed by atoms with van der Waals surface area (Å²) in [6.07, 6.45) is 3.62. The van der Waals surface area contributed by atoms with E-state index in [2.05, 4.69) is 22.4 Å². The van der Waals surface area contributed by atoms with Gasteiger partial charge in [-0.05, 0) is 32.4 Å². The molecule has 0 aromatic carbocycles. The fourth-order valence-corrected chi connectivity index (χ4v) is 1.59. The molecule has 0 aliphatic carbocycles. The Morgan fingerprint density at radius 3 is 2.75 bits per heavy atom. The number of pyridine rings is 1. The van der Waals surface area contributed by atoms with E-state index in [1.165, 1.54) is 5.56 Å². The van der Waals surface area contributed by atoms with E-state index < -0.39 is 0 Å². The van der Waals surface area contributed by atoms with Crippen molar-refractivity contribution in [2.45, 2.75) is 27.3 Å². The van der Waals surface area contributed by atoms with E-state index in [0.29, 0.717) is 6.54 Å². The Labute approximate surface area is 94.7 Å². The Morgan fingerprint density at radius 1 is 1.31 bits per heavy atom. The molecule has 16 heavy (non-hydrogen) atoms. The fraction of sp³-hybridized carbons (Fsp3) is 0.333. The number of aromatic nitrogens is 2. The maximum atomic E-state index is 5.11. The lowest BCUT2D eigenvalue weighted by Gasteiger charge is -2.07. The summed E-state index contributed by atoms with van der Waals surface area (Å²) in [4.78, 5) is 4.09. The summed E-state index contributed by atoms with van der Waals surface area (Å²) in [6.45, 7) is 6.64. The van der Waals surface area contributed by atoms with Crippen molar-refractivity contribution in [1.29, 1.82) is 0 Å². The topological polar surface area (TPSA) is 51.0 Å². The molecule has 0 radical (unpaired) electrons. The number of rotatable bonds is 3. The van der Waals surface area contributed by atoms with Gasteiger partial charge in [0.1, 0.15) is 5.76 Å².